The SMILES string of the molecule is CSC(C)CNC(=O)CC1(N)CCCCC1. The van der Waals surface area contributed by atoms with E-state index in [0.717, 1.165) is 19.4 Å². The van der Waals surface area contributed by atoms with E-state index in [1.807, 2.05) is 0 Å². The van der Waals surface area contributed by atoms with Crippen LogP contribution in [0.1, 0.15) is 45.4 Å². The minimum absolute atomic E-state index is 0.116. The van der Waals surface area contributed by atoms with Gasteiger partial charge in [-0.1, -0.05) is 26.2 Å². The van der Waals surface area contributed by atoms with Gasteiger partial charge in [-0.05, 0) is 19.1 Å². The van der Waals surface area contributed by atoms with E-state index < -0.39 is 0 Å². The topological polar surface area (TPSA) is 55.1 Å². The van der Waals surface area contributed by atoms with Crippen LogP contribution in [0.2, 0.25) is 0 Å². The molecule has 0 heterocycles. The van der Waals surface area contributed by atoms with Gasteiger partial charge in [-0.2, -0.15) is 11.8 Å². The molecule has 0 radical (unpaired) electrons. The quantitative estimate of drug-likeness (QED) is 0.776. The summed E-state index contributed by atoms with van der Waals surface area (Å²) in [6, 6.07) is 0. The van der Waals surface area contributed by atoms with Crippen LogP contribution in [-0.2, 0) is 4.79 Å². The third-order valence-corrected chi connectivity index (χ3v) is 4.32. The van der Waals surface area contributed by atoms with Gasteiger partial charge in [0.25, 0.3) is 0 Å². The maximum atomic E-state index is 11.7. The molecule has 1 fully saturated rings. The van der Waals surface area contributed by atoms with Crippen LogP contribution in [0, 0.1) is 0 Å². The Hall–Kier alpha value is -0.220. The second-order valence-electron chi connectivity index (χ2n) is 4.95. The van der Waals surface area contributed by atoms with Gasteiger partial charge >= 0.3 is 0 Å². The molecular weight excluding hydrogens is 220 g/mol. The number of thioether (sulfide) groups is 1. The highest BCUT2D eigenvalue weighted by Gasteiger charge is 2.29. The predicted molar refractivity (Wildman–Crippen MR) is 70.6 cm³/mol. The maximum absolute atomic E-state index is 11.7. The van der Waals surface area contributed by atoms with Gasteiger partial charge in [-0.25, -0.2) is 0 Å². The average molecular weight is 244 g/mol. The van der Waals surface area contributed by atoms with Crippen LogP contribution in [0.3, 0.4) is 0 Å². The van der Waals surface area contributed by atoms with Crippen molar-refractivity contribution in [3.05, 3.63) is 0 Å². The van der Waals surface area contributed by atoms with Gasteiger partial charge in [0.1, 0.15) is 0 Å². The van der Waals surface area contributed by atoms with Crippen molar-refractivity contribution in [2.24, 2.45) is 5.73 Å². The Morgan fingerprint density at radius 3 is 2.62 bits per heavy atom. The lowest BCUT2D eigenvalue weighted by atomic mass is 9.80. The third-order valence-electron chi connectivity index (χ3n) is 3.35. The van der Waals surface area contributed by atoms with E-state index >= 15 is 0 Å². The molecule has 94 valence electrons. The Labute approximate surface area is 103 Å². The summed E-state index contributed by atoms with van der Waals surface area (Å²) in [7, 11) is 0. The van der Waals surface area contributed by atoms with Gasteiger partial charge in [-0.15, -0.1) is 0 Å². The molecule has 0 aromatic carbocycles. The lowest BCUT2D eigenvalue weighted by molar-refractivity contribution is -0.122. The summed E-state index contributed by atoms with van der Waals surface area (Å²) in [5.74, 6) is 0.116. The molecule has 0 bridgehead atoms. The molecule has 4 heteroatoms. The van der Waals surface area contributed by atoms with E-state index in [2.05, 4.69) is 18.5 Å². The molecule has 0 saturated heterocycles. The standard InChI is InChI=1S/C12H24N2OS/c1-10(16-2)9-14-11(15)8-12(13)6-4-3-5-7-12/h10H,3-9,13H2,1-2H3,(H,14,15). The molecule has 1 rings (SSSR count). The number of hydrogen-bond donors (Lipinski definition) is 2. The zero-order valence-electron chi connectivity index (χ0n) is 10.4. The predicted octanol–water partition coefficient (Wildman–Crippen LogP) is 1.91. The summed E-state index contributed by atoms with van der Waals surface area (Å²) in [5, 5.41) is 3.44. The molecule has 3 N–H and O–H groups in total. The normalized spacial score (nSPS) is 21.4. The largest absolute Gasteiger partial charge is 0.355 e. The second-order valence-corrected chi connectivity index (χ2v) is 6.23. The molecular formula is C12H24N2OS. The van der Waals surface area contributed by atoms with E-state index in [-0.39, 0.29) is 11.4 Å². The van der Waals surface area contributed by atoms with Gasteiger partial charge < -0.3 is 11.1 Å². The minimum Gasteiger partial charge on any atom is -0.355 e. The molecule has 1 atom stereocenters. The molecule has 0 aromatic rings. The first kappa shape index (κ1) is 13.8. The Bertz CT molecular complexity index is 227. The van der Waals surface area contributed by atoms with Gasteiger partial charge in [0, 0.05) is 23.8 Å². The second kappa shape index (κ2) is 6.50. The Balaban J connectivity index is 2.27. The zero-order chi connectivity index (χ0) is 12.0. The Kier molecular flexibility index (Phi) is 5.62. The molecule has 3 nitrogen and oxygen atoms in total. The molecule has 1 aliphatic carbocycles. The summed E-state index contributed by atoms with van der Waals surface area (Å²) in [5.41, 5.74) is 6.00. The number of nitrogens with one attached hydrogen (secondary N) is 1. The van der Waals surface area contributed by atoms with Gasteiger partial charge in [0.2, 0.25) is 5.91 Å². The van der Waals surface area contributed by atoms with Gasteiger partial charge in [0.05, 0.1) is 0 Å². The molecule has 1 unspecified atom stereocenters. The van der Waals surface area contributed by atoms with Crippen LogP contribution in [0.25, 0.3) is 0 Å². The van der Waals surface area contributed by atoms with E-state index in [1.165, 1.54) is 19.3 Å². The third kappa shape index (κ3) is 4.74. The van der Waals surface area contributed by atoms with Crippen molar-refractivity contribution < 1.29 is 4.79 Å². The highest BCUT2D eigenvalue weighted by molar-refractivity contribution is 7.99. The molecule has 0 spiro atoms. The number of hydrogen-bond acceptors (Lipinski definition) is 3. The average Bonchev–Trinajstić information content (AvgIpc) is 2.26. The van der Waals surface area contributed by atoms with Gasteiger partial charge in [-0.3, -0.25) is 4.79 Å². The fraction of sp³-hybridized carbons (Fsp3) is 0.917. The number of nitrogens with two attached hydrogens (primary N) is 1. The minimum atomic E-state index is -0.231. The van der Waals surface area contributed by atoms with Crippen LogP contribution in [0.15, 0.2) is 0 Å². The first-order valence-corrected chi connectivity index (χ1v) is 7.43. The summed E-state index contributed by atoms with van der Waals surface area (Å²) >= 11 is 1.77. The first-order valence-electron chi connectivity index (χ1n) is 6.14. The van der Waals surface area contributed by atoms with Crippen LogP contribution in [0.5, 0.6) is 0 Å². The highest BCUT2D eigenvalue weighted by atomic mass is 32.2. The van der Waals surface area contributed by atoms with E-state index in [1.54, 1.807) is 11.8 Å². The molecule has 0 aliphatic heterocycles. The van der Waals surface area contributed by atoms with Crippen LogP contribution < -0.4 is 11.1 Å². The van der Waals surface area contributed by atoms with E-state index in [0.29, 0.717) is 11.7 Å². The van der Waals surface area contributed by atoms with E-state index in [4.69, 9.17) is 5.73 Å². The maximum Gasteiger partial charge on any atom is 0.221 e. The molecule has 1 saturated carbocycles. The smallest absolute Gasteiger partial charge is 0.221 e. The van der Waals surface area contributed by atoms with Crippen molar-refractivity contribution in [2.75, 3.05) is 12.8 Å². The zero-order valence-corrected chi connectivity index (χ0v) is 11.2. The van der Waals surface area contributed by atoms with Crippen molar-refractivity contribution in [3.8, 4) is 0 Å². The number of rotatable bonds is 5. The molecule has 1 aliphatic rings. The fourth-order valence-electron chi connectivity index (χ4n) is 2.16. The highest BCUT2D eigenvalue weighted by Crippen LogP contribution is 2.28. The lowest BCUT2D eigenvalue weighted by Gasteiger charge is -2.32. The molecule has 1 amide bonds. The Morgan fingerprint density at radius 2 is 2.06 bits per heavy atom. The number of carbonyl (C=O) groups is 1. The summed E-state index contributed by atoms with van der Waals surface area (Å²) in [6.45, 7) is 2.86. The van der Waals surface area contributed by atoms with E-state index in [9.17, 15) is 4.79 Å². The Morgan fingerprint density at radius 1 is 1.44 bits per heavy atom. The first-order chi connectivity index (χ1) is 7.56. The fourth-order valence-corrected chi connectivity index (χ4v) is 2.41. The molecule has 16 heavy (non-hydrogen) atoms. The van der Waals surface area contributed by atoms with Crippen molar-refractivity contribution in [3.63, 3.8) is 0 Å². The number of amides is 1. The van der Waals surface area contributed by atoms with Crippen molar-refractivity contribution in [2.45, 2.75) is 56.2 Å². The van der Waals surface area contributed by atoms with Crippen LogP contribution in [0.4, 0.5) is 0 Å². The summed E-state index contributed by atoms with van der Waals surface area (Å²) < 4.78 is 0. The van der Waals surface area contributed by atoms with Crippen molar-refractivity contribution in [1.29, 1.82) is 0 Å². The van der Waals surface area contributed by atoms with Gasteiger partial charge in [0.15, 0.2) is 0 Å². The van der Waals surface area contributed by atoms with Crippen molar-refractivity contribution >= 4 is 17.7 Å². The monoisotopic (exact) mass is 244 g/mol. The summed E-state index contributed by atoms with van der Waals surface area (Å²) in [4.78, 5) is 11.7. The van der Waals surface area contributed by atoms with Crippen molar-refractivity contribution in [1.82, 2.24) is 5.32 Å². The lowest BCUT2D eigenvalue weighted by Crippen LogP contribution is -2.46. The number of carbonyl (C=O) groups excluding carboxylic acids is 1. The van der Waals surface area contributed by atoms with Crippen LogP contribution in [-0.4, -0.2) is 29.5 Å². The summed E-state index contributed by atoms with van der Waals surface area (Å²) in [6.07, 6.45) is 8.16. The van der Waals surface area contributed by atoms with Crippen LogP contribution >= 0.6 is 11.8 Å². The molecule has 0 aromatic heterocycles.